The lowest BCUT2D eigenvalue weighted by Gasteiger charge is -2.18. The summed E-state index contributed by atoms with van der Waals surface area (Å²) in [6.07, 6.45) is 0.966. The largest absolute Gasteiger partial charge is 0.346 e. The SMILES string of the molecule is C=CC(=O)NCC(F)(F)c1ccccc1C. The summed E-state index contributed by atoms with van der Waals surface area (Å²) in [7, 11) is 0. The number of amides is 1. The maximum atomic E-state index is 13.7. The average molecular weight is 225 g/mol. The Kier molecular flexibility index (Phi) is 3.77. The van der Waals surface area contributed by atoms with Gasteiger partial charge in [-0.25, -0.2) is 0 Å². The molecule has 0 spiro atoms. The Bertz CT molecular complexity index is 402. The molecule has 1 amide bonds. The second kappa shape index (κ2) is 4.88. The van der Waals surface area contributed by atoms with Gasteiger partial charge in [-0.1, -0.05) is 30.8 Å². The van der Waals surface area contributed by atoms with Gasteiger partial charge in [0.1, 0.15) is 0 Å². The van der Waals surface area contributed by atoms with E-state index in [1.165, 1.54) is 6.07 Å². The standard InChI is InChI=1S/C12H13F2NO/c1-3-11(16)15-8-12(13,14)10-7-5-4-6-9(10)2/h3-7H,1,8H2,2H3,(H,15,16). The molecule has 0 fully saturated rings. The quantitative estimate of drug-likeness (QED) is 0.783. The topological polar surface area (TPSA) is 29.1 Å². The summed E-state index contributed by atoms with van der Waals surface area (Å²) in [5.41, 5.74) is 0.430. The lowest BCUT2D eigenvalue weighted by atomic mass is 10.0. The zero-order valence-electron chi connectivity index (χ0n) is 8.97. The van der Waals surface area contributed by atoms with Gasteiger partial charge in [0, 0.05) is 5.56 Å². The molecule has 0 aliphatic carbocycles. The number of benzene rings is 1. The first kappa shape index (κ1) is 12.4. The summed E-state index contributed by atoms with van der Waals surface area (Å²) in [5.74, 6) is -3.67. The minimum Gasteiger partial charge on any atom is -0.346 e. The van der Waals surface area contributed by atoms with Crippen LogP contribution in [0.25, 0.3) is 0 Å². The van der Waals surface area contributed by atoms with Crippen molar-refractivity contribution in [1.29, 1.82) is 0 Å². The number of rotatable bonds is 4. The van der Waals surface area contributed by atoms with E-state index in [1.807, 2.05) is 0 Å². The molecular weight excluding hydrogens is 212 g/mol. The second-order valence-electron chi connectivity index (χ2n) is 3.44. The molecule has 0 aromatic heterocycles. The Morgan fingerprint density at radius 2 is 2.12 bits per heavy atom. The van der Waals surface area contributed by atoms with Crippen molar-refractivity contribution in [2.24, 2.45) is 0 Å². The van der Waals surface area contributed by atoms with Crippen LogP contribution in [0.4, 0.5) is 8.78 Å². The van der Waals surface area contributed by atoms with Crippen molar-refractivity contribution >= 4 is 5.91 Å². The van der Waals surface area contributed by atoms with Crippen LogP contribution in [0.3, 0.4) is 0 Å². The van der Waals surface area contributed by atoms with Crippen LogP contribution in [0, 0.1) is 6.92 Å². The van der Waals surface area contributed by atoms with E-state index in [4.69, 9.17) is 0 Å². The zero-order chi connectivity index (χ0) is 12.2. The molecule has 0 unspecified atom stereocenters. The van der Waals surface area contributed by atoms with E-state index in [0.29, 0.717) is 5.56 Å². The molecule has 1 rings (SSSR count). The molecule has 1 N–H and O–H groups in total. The third kappa shape index (κ3) is 2.89. The number of halogens is 2. The number of alkyl halides is 2. The first-order chi connectivity index (χ1) is 7.47. The van der Waals surface area contributed by atoms with Gasteiger partial charge < -0.3 is 5.32 Å². The molecule has 1 aromatic carbocycles. The predicted molar refractivity (Wildman–Crippen MR) is 58.3 cm³/mol. The number of hydrogen-bond acceptors (Lipinski definition) is 1. The lowest BCUT2D eigenvalue weighted by molar-refractivity contribution is -0.118. The van der Waals surface area contributed by atoms with Crippen molar-refractivity contribution in [3.05, 3.63) is 48.0 Å². The lowest BCUT2D eigenvalue weighted by Crippen LogP contribution is -2.34. The molecule has 86 valence electrons. The molecule has 1 aromatic rings. The summed E-state index contributed by atoms with van der Waals surface area (Å²) in [6.45, 7) is 4.08. The maximum Gasteiger partial charge on any atom is 0.290 e. The van der Waals surface area contributed by atoms with E-state index in [9.17, 15) is 13.6 Å². The number of nitrogens with one attached hydrogen (secondary N) is 1. The molecule has 0 atom stereocenters. The van der Waals surface area contributed by atoms with E-state index < -0.39 is 18.4 Å². The molecule has 0 heterocycles. The van der Waals surface area contributed by atoms with Gasteiger partial charge in [0.25, 0.3) is 5.92 Å². The second-order valence-corrected chi connectivity index (χ2v) is 3.44. The summed E-state index contributed by atoms with van der Waals surface area (Å²) in [6, 6.07) is 6.21. The van der Waals surface area contributed by atoms with E-state index in [-0.39, 0.29) is 5.56 Å². The number of carbonyl (C=O) groups is 1. The van der Waals surface area contributed by atoms with Crippen molar-refractivity contribution in [1.82, 2.24) is 5.32 Å². The summed E-state index contributed by atoms with van der Waals surface area (Å²) in [4.78, 5) is 10.8. The molecule has 0 aliphatic rings. The van der Waals surface area contributed by atoms with Crippen LogP contribution in [-0.2, 0) is 10.7 Å². The Hall–Kier alpha value is -1.71. The van der Waals surface area contributed by atoms with Crippen LogP contribution in [-0.4, -0.2) is 12.5 Å². The van der Waals surface area contributed by atoms with E-state index in [2.05, 4.69) is 11.9 Å². The van der Waals surface area contributed by atoms with Gasteiger partial charge in [-0.05, 0) is 18.6 Å². The highest BCUT2D eigenvalue weighted by molar-refractivity contribution is 5.86. The minimum absolute atomic E-state index is 0.0700. The number of aryl methyl sites for hydroxylation is 1. The highest BCUT2D eigenvalue weighted by atomic mass is 19.3. The van der Waals surface area contributed by atoms with Gasteiger partial charge in [0.2, 0.25) is 5.91 Å². The molecule has 0 aliphatic heterocycles. The van der Waals surface area contributed by atoms with Crippen molar-refractivity contribution in [2.75, 3.05) is 6.54 Å². The Labute approximate surface area is 93.0 Å². The maximum absolute atomic E-state index is 13.7. The van der Waals surface area contributed by atoms with Gasteiger partial charge in [-0.3, -0.25) is 4.79 Å². The van der Waals surface area contributed by atoms with Gasteiger partial charge in [0.05, 0.1) is 6.54 Å². The van der Waals surface area contributed by atoms with Gasteiger partial charge in [0.15, 0.2) is 0 Å². The molecule has 0 saturated heterocycles. The first-order valence-electron chi connectivity index (χ1n) is 4.81. The highest BCUT2D eigenvalue weighted by Gasteiger charge is 2.32. The average Bonchev–Trinajstić information content (AvgIpc) is 2.26. The van der Waals surface area contributed by atoms with Crippen LogP contribution in [0.5, 0.6) is 0 Å². The fourth-order valence-corrected chi connectivity index (χ4v) is 1.35. The van der Waals surface area contributed by atoms with Crippen LogP contribution < -0.4 is 5.32 Å². The molecule has 0 bridgehead atoms. The van der Waals surface area contributed by atoms with Gasteiger partial charge in [-0.2, -0.15) is 8.78 Å². The van der Waals surface area contributed by atoms with Crippen molar-refractivity contribution in [3.63, 3.8) is 0 Å². The monoisotopic (exact) mass is 225 g/mol. The highest BCUT2D eigenvalue weighted by Crippen LogP contribution is 2.29. The normalized spacial score (nSPS) is 10.9. The fraction of sp³-hybridized carbons (Fsp3) is 0.250. The third-order valence-electron chi connectivity index (χ3n) is 2.21. The Balaban J connectivity index is 2.81. The summed E-state index contributed by atoms with van der Waals surface area (Å²) in [5, 5.41) is 2.09. The first-order valence-corrected chi connectivity index (χ1v) is 4.81. The Morgan fingerprint density at radius 1 is 1.50 bits per heavy atom. The van der Waals surface area contributed by atoms with Crippen molar-refractivity contribution in [2.45, 2.75) is 12.8 Å². The minimum atomic E-state index is -3.07. The van der Waals surface area contributed by atoms with Crippen LogP contribution in [0.2, 0.25) is 0 Å². The molecular formula is C12H13F2NO. The van der Waals surface area contributed by atoms with Crippen molar-refractivity contribution < 1.29 is 13.6 Å². The smallest absolute Gasteiger partial charge is 0.290 e. The summed E-state index contributed by atoms with van der Waals surface area (Å²) >= 11 is 0. The predicted octanol–water partition coefficient (Wildman–Crippen LogP) is 2.39. The molecule has 16 heavy (non-hydrogen) atoms. The van der Waals surface area contributed by atoms with Gasteiger partial charge in [-0.15, -0.1) is 0 Å². The van der Waals surface area contributed by atoms with Crippen LogP contribution in [0.1, 0.15) is 11.1 Å². The van der Waals surface area contributed by atoms with E-state index >= 15 is 0 Å². The fourth-order valence-electron chi connectivity index (χ4n) is 1.35. The van der Waals surface area contributed by atoms with Crippen LogP contribution >= 0.6 is 0 Å². The van der Waals surface area contributed by atoms with E-state index in [1.54, 1.807) is 25.1 Å². The molecule has 0 saturated carbocycles. The number of carbonyl (C=O) groups excluding carboxylic acids is 1. The zero-order valence-corrected chi connectivity index (χ0v) is 8.97. The Morgan fingerprint density at radius 3 is 2.69 bits per heavy atom. The summed E-state index contributed by atoms with van der Waals surface area (Å²) < 4.78 is 27.3. The third-order valence-corrected chi connectivity index (χ3v) is 2.21. The van der Waals surface area contributed by atoms with Crippen molar-refractivity contribution in [3.8, 4) is 0 Å². The van der Waals surface area contributed by atoms with Crippen LogP contribution in [0.15, 0.2) is 36.9 Å². The molecule has 4 heteroatoms. The molecule has 2 nitrogen and oxygen atoms in total. The van der Waals surface area contributed by atoms with E-state index in [0.717, 1.165) is 6.08 Å². The molecule has 0 radical (unpaired) electrons. The van der Waals surface area contributed by atoms with Gasteiger partial charge >= 0.3 is 0 Å². The number of hydrogen-bond donors (Lipinski definition) is 1.